The first-order chi connectivity index (χ1) is 8.78. The first-order valence-corrected chi connectivity index (χ1v) is 6.86. The second kappa shape index (κ2) is 4.63. The quantitative estimate of drug-likeness (QED) is 0.786. The van der Waals surface area contributed by atoms with Gasteiger partial charge in [0.15, 0.2) is 11.5 Å². The summed E-state index contributed by atoms with van der Waals surface area (Å²) in [6, 6.07) is 4.73. The van der Waals surface area contributed by atoms with Crippen LogP contribution in [0.15, 0.2) is 12.1 Å². The maximum Gasteiger partial charge on any atom is 0.161 e. The second-order valence-electron chi connectivity index (χ2n) is 5.01. The van der Waals surface area contributed by atoms with Gasteiger partial charge in [-0.15, -0.1) is 11.6 Å². The SMILES string of the molecule is COc1cc2c(cc1OC)C1C(CCl)CN1CC2. The third kappa shape index (κ3) is 1.69. The standard InChI is InChI=1S/C14H18ClNO2/c1-17-12-5-9-3-4-16-8-10(7-15)14(16)11(9)6-13(12)18-2/h5-6,10,14H,3-4,7-8H2,1-2H3. The van der Waals surface area contributed by atoms with Gasteiger partial charge in [0.2, 0.25) is 0 Å². The van der Waals surface area contributed by atoms with Crippen molar-refractivity contribution < 1.29 is 9.47 Å². The van der Waals surface area contributed by atoms with Crippen molar-refractivity contribution in [2.24, 2.45) is 5.92 Å². The molecule has 1 aromatic carbocycles. The van der Waals surface area contributed by atoms with Gasteiger partial charge >= 0.3 is 0 Å². The van der Waals surface area contributed by atoms with E-state index in [-0.39, 0.29) is 0 Å². The van der Waals surface area contributed by atoms with Crippen LogP contribution in [0, 0.1) is 5.92 Å². The summed E-state index contributed by atoms with van der Waals surface area (Å²) in [5.41, 5.74) is 2.75. The lowest BCUT2D eigenvalue weighted by molar-refractivity contribution is 0.0178. The zero-order chi connectivity index (χ0) is 12.7. The van der Waals surface area contributed by atoms with Crippen LogP contribution >= 0.6 is 11.6 Å². The van der Waals surface area contributed by atoms with Crippen LogP contribution in [0.1, 0.15) is 17.2 Å². The van der Waals surface area contributed by atoms with E-state index in [4.69, 9.17) is 21.1 Å². The molecule has 0 radical (unpaired) electrons. The molecule has 0 saturated carbocycles. The molecule has 0 aromatic heterocycles. The summed E-state index contributed by atoms with van der Waals surface area (Å²) in [6.45, 7) is 2.25. The van der Waals surface area contributed by atoms with Crippen LogP contribution in [0.4, 0.5) is 0 Å². The number of alkyl halides is 1. The molecule has 2 aliphatic heterocycles. The van der Waals surface area contributed by atoms with Crippen LogP contribution in [-0.4, -0.2) is 38.1 Å². The number of fused-ring (bicyclic) bond motifs is 3. The van der Waals surface area contributed by atoms with Crippen LogP contribution in [-0.2, 0) is 6.42 Å². The van der Waals surface area contributed by atoms with Crippen LogP contribution in [0.2, 0.25) is 0 Å². The summed E-state index contributed by atoms with van der Waals surface area (Å²) in [4.78, 5) is 2.50. The lowest BCUT2D eigenvalue weighted by atomic mass is 9.78. The fraction of sp³-hybridized carbons (Fsp3) is 0.571. The molecule has 3 nitrogen and oxygen atoms in total. The van der Waals surface area contributed by atoms with E-state index in [1.807, 2.05) is 0 Å². The third-order valence-corrected chi connectivity index (χ3v) is 4.54. The molecular weight excluding hydrogens is 250 g/mol. The van der Waals surface area contributed by atoms with Crippen molar-refractivity contribution in [3.63, 3.8) is 0 Å². The molecule has 2 unspecified atom stereocenters. The molecule has 1 fully saturated rings. The molecule has 0 aliphatic carbocycles. The lowest BCUT2D eigenvalue weighted by Crippen LogP contribution is -2.53. The average molecular weight is 268 g/mol. The zero-order valence-corrected chi connectivity index (χ0v) is 11.5. The number of benzene rings is 1. The molecule has 18 heavy (non-hydrogen) atoms. The summed E-state index contributed by atoms with van der Waals surface area (Å²) < 4.78 is 10.8. The van der Waals surface area contributed by atoms with E-state index in [9.17, 15) is 0 Å². The number of methoxy groups -OCH3 is 2. The molecule has 98 valence electrons. The van der Waals surface area contributed by atoms with E-state index in [2.05, 4.69) is 17.0 Å². The normalized spacial score (nSPS) is 25.9. The largest absolute Gasteiger partial charge is 0.493 e. The first kappa shape index (κ1) is 12.1. The van der Waals surface area contributed by atoms with E-state index in [0.717, 1.165) is 36.9 Å². The first-order valence-electron chi connectivity index (χ1n) is 6.33. The Bertz CT molecular complexity index is 463. The van der Waals surface area contributed by atoms with Crippen molar-refractivity contribution in [2.45, 2.75) is 12.5 Å². The molecule has 0 bridgehead atoms. The van der Waals surface area contributed by atoms with Crippen molar-refractivity contribution in [3.05, 3.63) is 23.3 Å². The second-order valence-corrected chi connectivity index (χ2v) is 5.32. The molecule has 0 amide bonds. The Hall–Kier alpha value is -0.930. The summed E-state index contributed by atoms with van der Waals surface area (Å²) in [7, 11) is 3.37. The monoisotopic (exact) mass is 267 g/mol. The summed E-state index contributed by atoms with van der Waals surface area (Å²) in [6.07, 6.45) is 1.08. The van der Waals surface area contributed by atoms with E-state index in [1.165, 1.54) is 11.1 Å². The van der Waals surface area contributed by atoms with Crippen molar-refractivity contribution in [1.82, 2.24) is 4.90 Å². The smallest absolute Gasteiger partial charge is 0.161 e. The van der Waals surface area contributed by atoms with Gasteiger partial charge in [-0.05, 0) is 29.7 Å². The Morgan fingerprint density at radius 1 is 1.28 bits per heavy atom. The van der Waals surface area contributed by atoms with Gasteiger partial charge in [0.05, 0.1) is 14.2 Å². The molecule has 1 aromatic rings. The summed E-state index contributed by atoms with van der Waals surface area (Å²) in [5.74, 6) is 2.95. The molecule has 0 spiro atoms. The number of rotatable bonds is 3. The third-order valence-electron chi connectivity index (χ3n) is 4.14. The summed E-state index contributed by atoms with van der Waals surface area (Å²) in [5, 5.41) is 0. The van der Waals surface area contributed by atoms with Gasteiger partial charge in [0.25, 0.3) is 0 Å². The van der Waals surface area contributed by atoms with Gasteiger partial charge in [-0.2, -0.15) is 0 Å². The Balaban J connectivity index is 2.02. The molecular formula is C14H18ClNO2. The summed E-state index contributed by atoms with van der Waals surface area (Å²) >= 11 is 6.04. The maximum absolute atomic E-state index is 6.04. The molecule has 0 N–H and O–H groups in total. The molecule has 1 saturated heterocycles. The number of halogens is 1. The van der Waals surface area contributed by atoms with Crippen molar-refractivity contribution >= 4 is 11.6 Å². The Kier molecular flexibility index (Phi) is 3.12. The van der Waals surface area contributed by atoms with Crippen molar-refractivity contribution in [1.29, 1.82) is 0 Å². The molecule has 2 aliphatic rings. The van der Waals surface area contributed by atoms with E-state index >= 15 is 0 Å². The van der Waals surface area contributed by atoms with Crippen molar-refractivity contribution in [2.75, 3.05) is 33.2 Å². The van der Waals surface area contributed by atoms with Crippen LogP contribution in [0.3, 0.4) is 0 Å². The van der Waals surface area contributed by atoms with E-state index in [1.54, 1.807) is 14.2 Å². The minimum Gasteiger partial charge on any atom is -0.493 e. The number of ether oxygens (including phenoxy) is 2. The van der Waals surface area contributed by atoms with Crippen molar-refractivity contribution in [3.8, 4) is 11.5 Å². The Morgan fingerprint density at radius 2 is 2.00 bits per heavy atom. The number of hydrogen-bond acceptors (Lipinski definition) is 3. The van der Waals surface area contributed by atoms with Crippen LogP contribution < -0.4 is 9.47 Å². The molecule has 4 heteroatoms. The van der Waals surface area contributed by atoms with Gasteiger partial charge in [-0.25, -0.2) is 0 Å². The fourth-order valence-electron chi connectivity index (χ4n) is 3.18. The number of hydrogen-bond donors (Lipinski definition) is 0. The molecule has 3 rings (SSSR count). The Morgan fingerprint density at radius 3 is 2.67 bits per heavy atom. The lowest BCUT2D eigenvalue weighted by Gasteiger charge is -2.51. The topological polar surface area (TPSA) is 21.7 Å². The van der Waals surface area contributed by atoms with E-state index < -0.39 is 0 Å². The van der Waals surface area contributed by atoms with Gasteiger partial charge in [0.1, 0.15) is 0 Å². The zero-order valence-electron chi connectivity index (χ0n) is 10.8. The minimum atomic E-state index is 0.478. The maximum atomic E-state index is 6.04. The highest BCUT2D eigenvalue weighted by molar-refractivity contribution is 6.18. The molecule has 2 atom stereocenters. The minimum absolute atomic E-state index is 0.478. The van der Waals surface area contributed by atoms with Gasteiger partial charge in [0, 0.05) is 30.9 Å². The Labute approximate surface area is 113 Å². The predicted octanol–water partition coefficient (Wildman–Crippen LogP) is 2.47. The highest BCUT2D eigenvalue weighted by Gasteiger charge is 2.42. The highest BCUT2D eigenvalue weighted by Crippen LogP contribution is 2.46. The fourth-order valence-corrected chi connectivity index (χ4v) is 3.45. The van der Waals surface area contributed by atoms with Crippen LogP contribution in [0.5, 0.6) is 11.5 Å². The highest BCUT2D eigenvalue weighted by atomic mass is 35.5. The van der Waals surface area contributed by atoms with Gasteiger partial charge < -0.3 is 9.47 Å². The van der Waals surface area contributed by atoms with Crippen LogP contribution in [0.25, 0.3) is 0 Å². The molecule has 2 heterocycles. The van der Waals surface area contributed by atoms with E-state index in [0.29, 0.717) is 12.0 Å². The average Bonchev–Trinajstić information content (AvgIpc) is 2.37. The number of nitrogens with zero attached hydrogens (tertiary/aromatic N) is 1. The van der Waals surface area contributed by atoms with Gasteiger partial charge in [-0.3, -0.25) is 4.90 Å². The predicted molar refractivity (Wildman–Crippen MR) is 71.8 cm³/mol. The van der Waals surface area contributed by atoms with Gasteiger partial charge in [-0.1, -0.05) is 0 Å².